The molecule has 1 aromatic heterocycles. The van der Waals surface area contributed by atoms with E-state index in [2.05, 4.69) is 14.7 Å². The number of nitrogens with zero attached hydrogens (tertiary/aromatic N) is 4. The number of aromatic nitrogens is 3. The molecule has 0 spiro atoms. The fourth-order valence-electron chi connectivity index (χ4n) is 3.90. The molecular formula is C19H24FN5O3S. The van der Waals surface area contributed by atoms with Crippen LogP contribution in [0.2, 0.25) is 0 Å². The fourth-order valence-corrected chi connectivity index (χ4v) is 4.47. The topological polar surface area (TPSA) is 92.4 Å². The Morgan fingerprint density at radius 2 is 2.03 bits per heavy atom. The quantitative estimate of drug-likeness (QED) is 0.730. The summed E-state index contributed by atoms with van der Waals surface area (Å²) in [6.45, 7) is 2.27. The van der Waals surface area contributed by atoms with Gasteiger partial charge in [0.1, 0.15) is 23.1 Å². The van der Waals surface area contributed by atoms with Crippen molar-refractivity contribution in [3.8, 4) is 11.4 Å². The van der Waals surface area contributed by atoms with Crippen LogP contribution in [0, 0.1) is 5.82 Å². The summed E-state index contributed by atoms with van der Waals surface area (Å²) in [5.74, 6) is -1.06. The van der Waals surface area contributed by atoms with E-state index in [4.69, 9.17) is 0 Å². The number of aromatic hydroxyl groups is 1. The number of fused-ring (bicyclic) bond motifs is 1. The SMILES string of the molecule is CSN1CCC(NC(=O)c2cc(F)c(-n3nc4n(c3=O)CCCC4)cc2O)CC1. The normalized spacial score (nSPS) is 17.9. The van der Waals surface area contributed by atoms with Gasteiger partial charge < -0.3 is 10.4 Å². The Hall–Kier alpha value is -2.33. The second-order valence-corrected chi connectivity index (χ2v) is 8.28. The van der Waals surface area contributed by atoms with Gasteiger partial charge in [-0.15, -0.1) is 5.10 Å². The largest absolute Gasteiger partial charge is 0.507 e. The number of hydrogen-bond donors (Lipinski definition) is 2. The first-order chi connectivity index (χ1) is 14.0. The van der Waals surface area contributed by atoms with Gasteiger partial charge in [0.2, 0.25) is 0 Å². The van der Waals surface area contributed by atoms with Crippen molar-refractivity contribution < 1.29 is 14.3 Å². The van der Waals surface area contributed by atoms with E-state index in [1.165, 1.54) is 4.57 Å². The molecular weight excluding hydrogens is 397 g/mol. The van der Waals surface area contributed by atoms with Crippen molar-refractivity contribution in [2.75, 3.05) is 19.3 Å². The number of carbonyl (C=O) groups excluding carboxylic acids is 1. The molecule has 0 unspecified atom stereocenters. The average molecular weight is 421 g/mol. The van der Waals surface area contributed by atoms with Crippen LogP contribution in [0.1, 0.15) is 41.9 Å². The fraction of sp³-hybridized carbons (Fsp3) is 0.526. The maximum Gasteiger partial charge on any atom is 0.350 e. The molecule has 1 fully saturated rings. The number of amides is 1. The highest BCUT2D eigenvalue weighted by atomic mass is 32.2. The van der Waals surface area contributed by atoms with Crippen molar-refractivity contribution in [2.45, 2.75) is 44.7 Å². The van der Waals surface area contributed by atoms with Gasteiger partial charge in [-0.2, -0.15) is 4.68 Å². The maximum atomic E-state index is 14.8. The Labute approximate surface area is 171 Å². The number of hydrogen-bond acceptors (Lipinski definition) is 6. The Balaban J connectivity index is 1.56. The second-order valence-electron chi connectivity index (χ2n) is 7.40. The first-order valence-corrected chi connectivity index (χ1v) is 11.0. The Morgan fingerprint density at radius 1 is 1.28 bits per heavy atom. The number of phenolic OH excluding ortho intramolecular Hbond substituents is 1. The van der Waals surface area contributed by atoms with Crippen molar-refractivity contribution in [3.63, 3.8) is 0 Å². The molecule has 29 heavy (non-hydrogen) atoms. The molecule has 0 bridgehead atoms. The van der Waals surface area contributed by atoms with E-state index >= 15 is 0 Å². The molecule has 2 aromatic rings. The third-order valence-electron chi connectivity index (χ3n) is 5.56. The van der Waals surface area contributed by atoms with Gasteiger partial charge in [-0.1, -0.05) is 11.9 Å². The van der Waals surface area contributed by atoms with Crippen LogP contribution >= 0.6 is 11.9 Å². The van der Waals surface area contributed by atoms with Gasteiger partial charge >= 0.3 is 5.69 Å². The highest BCUT2D eigenvalue weighted by molar-refractivity contribution is 7.96. The predicted molar refractivity (Wildman–Crippen MR) is 108 cm³/mol. The molecule has 0 aliphatic carbocycles. The summed E-state index contributed by atoms with van der Waals surface area (Å²) in [4.78, 5) is 25.1. The van der Waals surface area contributed by atoms with Gasteiger partial charge in [-0.25, -0.2) is 9.18 Å². The second kappa shape index (κ2) is 8.19. The summed E-state index contributed by atoms with van der Waals surface area (Å²) in [5, 5.41) is 17.4. The summed E-state index contributed by atoms with van der Waals surface area (Å²) in [6, 6.07) is 2.05. The van der Waals surface area contributed by atoms with Crippen LogP contribution < -0.4 is 11.0 Å². The van der Waals surface area contributed by atoms with E-state index in [9.17, 15) is 19.1 Å². The Morgan fingerprint density at radius 3 is 2.72 bits per heavy atom. The number of rotatable bonds is 4. The molecule has 4 rings (SSSR count). The Bertz CT molecular complexity index is 981. The van der Waals surface area contributed by atoms with Gasteiger partial charge in [0.25, 0.3) is 5.91 Å². The van der Waals surface area contributed by atoms with Crippen LogP contribution in [0.15, 0.2) is 16.9 Å². The van der Waals surface area contributed by atoms with Gasteiger partial charge in [-0.3, -0.25) is 13.7 Å². The zero-order chi connectivity index (χ0) is 20.5. The number of phenols is 1. The lowest BCUT2D eigenvalue weighted by molar-refractivity contribution is 0.0921. The van der Waals surface area contributed by atoms with Crippen LogP contribution in [-0.2, 0) is 13.0 Å². The van der Waals surface area contributed by atoms with Crippen LogP contribution in [0.4, 0.5) is 4.39 Å². The number of halogens is 1. The van der Waals surface area contributed by atoms with Gasteiger partial charge in [0.05, 0.1) is 5.56 Å². The molecule has 2 aliphatic rings. The van der Waals surface area contributed by atoms with E-state index < -0.39 is 17.4 Å². The molecule has 1 saturated heterocycles. The van der Waals surface area contributed by atoms with E-state index in [0.29, 0.717) is 18.8 Å². The number of benzene rings is 1. The lowest BCUT2D eigenvalue weighted by Gasteiger charge is -2.30. The lowest BCUT2D eigenvalue weighted by atomic mass is 10.1. The van der Waals surface area contributed by atoms with Gasteiger partial charge in [-0.05, 0) is 38.0 Å². The summed E-state index contributed by atoms with van der Waals surface area (Å²) in [6.07, 6.45) is 6.07. The highest BCUT2D eigenvalue weighted by Gasteiger charge is 2.25. The number of carbonyl (C=O) groups is 1. The summed E-state index contributed by atoms with van der Waals surface area (Å²) in [7, 11) is 0. The number of aryl methyl sites for hydroxylation is 1. The summed E-state index contributed by atoms with van der Waals surface area (Å²) >= 11 is 1.67. The third-order valence-corrected chi connectivity index (χ3v) is 6.44. The van der Waals surface area contributed by atoms with Crippen LogP contribution in [-0.4, -0.2) is 55.1 Å². The molecule has 1 amide bonds. The molecule has 8 nitrogen and oxygen atoms in total. The molecule has 0 saturated carbocycles. The summed E-state index contributed by atoms with van der Waals surface area (Å²) < 4.78 is 19.5. The van der Waals surface area contributed by atoms with Crippen molar-refractivity contribution >= 4 is 17.9 Å². The first-order valence-electron chi connectivity index (χ1n) is 9.79. The van der Waals surface area contributed by atoms with E-state index in [0.717, 1.165) is 55.6 Å². The minimum absolute atomic E-state index is 0.0180. The van der Waals surface area contributed by atoms with Crippen LogP contribution in [0.5, 0.6) is 5.75 Å². The van der Waals surface area contributed by atoms with Gasteiger partial charge in [0.15, 0.2) is 0 Å². The molecule has 2 aliphatic heterocycles. The first kappa shape index (κ1) is 20.0. The van der Waals surface area contributed by atoms with E-state index in [-0.39, 0.29) is 23.0 Å². The maximum absolute atomic E-state index is 14.8. The number of piperidine rings is 1. The van der Waals surface area contributed by atoms with Crippen LogP contribution in [0.25, 0.3) is 5.69 Å². The molecule has 0 radical (unpaired) electrons. The summed E-state index contributed by atoms with van der Waals surface area (Å²) in [5.41, 5.74) is -0.731. The monoisotopic (exact) mass is 421 g/mol. The average Bonchev–Trinajstić information content (AvgIpc) is 3.06. The molecule has 156 valence electrons. The standard InChI is InChI=1S/C19H24FN5O3S/c1-29-23-8-5-12(6-9-23)21-18(27)13-10-14(20)15(11-16(13)26)25-19(28)24-7-3-2-4-17(24)22-25/h10-12,26H,2-9H2,1H3,(H,21,27). The van der Waals surface area contributed by atoms with E-state index in [1.807, 2.05) is 6.26 Å². The molecule has 2 N–H and O–H groups in total. The van der Waals surface area contributed by atoms with Crippen molar-refractivity contribution in [2.24, 2.45) is 0 Å². The van der Waals surface area contributed by atoms with Crippen molar-refractivity contribution in [1.29, 1.82) is 0 Å². The minimum atomic E-state index is -0.775. The molecule has 1 aromatic carbocycles. The Kier molecular flexibility index (Phi) is 5.64. The van der Waals surface area contributed by atoms with Gasteiger partial charge in [0, 0.05) is 38.2 Å². The number of nitrogens with one attached hydrogen (secondary N) is 1. The predicted octanol–water partition coefficient (Wildman–Crippen LogP) is 1.69. The highest BCUT2D eigenvalue weighted by Crippen LogP contribution is 2.25. The van der Waals surface area contributed by atoms with Crippen molar-refractivity contribution in [3.05, 3.63) is 39.8 Å². The zero-order valence-electron chi connectivity index (χ0n) is 16.2. The molecule has 3 heterocycles. The zero-order valence-corrected chi connectivity index (χ0v) is 17.0. The smallest absolute Gasteiger partial charge is 0.350 e. The molecule has 10 heteroatoms. The van der Waals surface area contributed by atoms with Crippen LogP contribution in [0.3, 0.4) is 0 Å². The van der Waals surface area contributed by atoms with E-state index in [1.54, 1.807) is 11.9 Å². The molecule has 0 atom stereocenters. The van der Waals surface area contributed by atoms with Crippen molar-refractivity contribution in [1.82, 2.24) is 24.0 Å². The minimum Gasteiger partial charge on any atom is -0.507 e. The third kappa shape index (κ3) is 3.91. The lowest BCUT2D eigenvalue weighted by Crippen LogP contribution is -2.42.